The first-order valence-electron chi connectivity index (χ1n) is 19.7. The van der Waals surface area contributed by atoms with Gasteiger partial charge in [0.1, 0.15) is 24.5 Å². The van der Waals surface area contributed by atoms with Gasteiger partial charge in [0.15, 0.2) is 0 Å². The monoisotopic (exact) mass is 807 g/mol. The van der Waals surface area contributed by atoms with Crippen molar-refractivity contribution < 1.29 is 33.4 Å². The zero-order valence-corrected chi connectivity index (χ0v) is 33.9. The van der Waals surface area contributed by atoms with Crippen LogP contribution in [0.1, 0.15) is 55.4 Å². The van der Waals surface area contributed by atoms with E-state index < -0.39 is 61.1 Å². The summed E-state index contributed by atoms with van der Waals surface area (Å²) < 4.78 is 20.1. The zero-order chi connectivity index (χ0) is 41.5. The average molecular weight is 808 g/mol. The van der Waals surface area contributed by atoms with Gasteiger partial charge in [-0.15, -0.1) is 0 Å². The van der Waals surface area contributed by atoms with E-state index in [1.165, 1.54) is 0 Å². The molecule has 0 saturated heterocycles. The number of benzene rings is 4. The summed E-state index contributed by atoms with van der Waals surface area (Å²) in [6.07, 6.45) is 2.16. The van der Waals surface area contributed by atoms with Gasteiger partial charge in [0.05, 0.1) is 0 Å². The first-order chi connectivity index (χ1) is 27.9. The molecule has 0 radical (unpaired) electrons. The maximum atomic E-state index is 14.7. The van der Waals surface area contributed by atoms with Crippen molar-refractivity contribution in [1.82, 2.24) is 20.9 Å². The highest BCUT2D eigenvalue weighted by atomic mass is 31.2. The van der Waals surface area contributed by atoms with Gasteiger partial charge in [0, 0.05) is 42.0 Å². The summed E-state index contributed by atoms with van der Waals surface area (Å²) in [6.45, 7) is 3.79. The Morgan fingerprint density at radius 1 is 0.741 bits per heavy atom. The van der Waals surface area contributed by atoms with E-state index in [1.54, 1.807) is 30.5 Å². The molecule has 0 bridgehead atoms. The number of para-hydroxylation sites is 1. The molecule has 5 atom stereocenters. The van der Waals surface area contributed by atoms with Gasteiger partial charge in [-0.2, -0.15) is 0 Å². The number of fused-ring (bicyclic) bond motifs is 1. The predicted octanol–water partition coefficient (Wildman–Crippen LogP) is 6.62. The van der Waals surface area contributed by atoms with Crippen molar-refractivity contribution in [1.29, 1.82) is 0 Å². The Kier molecular flexibility index (Phi) is 15.8. The molecule has 0 fully saturated rings. The molecule has 5 rings (SSSR count). The minimum absolute atomic E-state index is 0.00270. The number of hydrogen-bond donors (Lipinski definition) is 6. The van der Waals surface area contributed by atoms with Crippen LogP contribution in [0.4, 0.5) is 4.79 Å². The number of ether oxygens (including phenoxy) is 1. The van der Waals surface area contributed by atoms with Gasteiger partial charge in [-0.1, -0.05) is 123 Å². The number of nitrogens with two attached hydrogens (primary N) is 1. The molecule has 4 aromatic carbocycles. The number of rotatable bonds is 21. The molecule has 306 valence electrons. The number of amides is 4. The van der Waals surface area contributed by atoms with Crippen molar-refractivity contribution >= 4 is 42.1 Å². The number of nitrogens with one attached hydrogen (secondary N) is 4. The quantitative estimate of drug-likeness (QED) is 0.0449. The Hall–Kier alpha value is -5.71. The second-order valence-electron chi connectivity index (χ2n) is 15.1. The van der Waals surface area contributed by atoms with Gasteiger partial charge in [0.2, 0.25) is 25.1 Å². The number of alkyl carbamates (subject to hydrolysis) is 1. The number of primary amides is 1. The van der Waals surface area contributed by atoms with E-state index in [1.807, 2.05) is 105 Å². The van der Waals surface area contributed by atoms with Gasteiger partial charge in [-0.25, -0.2) is 4.79 Å². The molecule has 0 spiro atoms. The lowest BCUT2D eigenvalue weighted by molar-refractivity contribution is -0.129. The molecule has 0 aliphatic carbocycles. The number of hydrogen-bond acceptors (Lipinski definition) is 6. The third kappa shape index (κ3) is 13.2. The van der Waals surface area contributed by atoms with E-state index >= 15 is 0 Å². The smallest absolute Gasteiger partial charge is 0.408 e. The fourth-order valence-electron chi connectivity index (χ4n) is 6.98. The lowest BCUT2D eigenvalue weighted by Crippen LogP contribution is -2.51. The molecule has 13 heteroatoms. The largest absolute Gasteiger partial charge is 0.445 e. The van der Waals surface area contributed by atoms with E-state index in [-0.39, 0.29) is 38.2 Å². The molecule has 0 aliphatic rings. The first-order valence-corrected chi connectivity index (χ1v) is 21.6. The summed E-state index contributed by atoms with van der Waals surface area (Å²) in [4.78, 5) is 69.0. The third-order valence-electron chi connectivity index (χ3n) is 10.1. The van der Waals surface area contributed by atoms with Crippen LogP contribution in [0.5, 0.6) is 0 Å². The van der Waals surface area contributed by atoms with Crippen molar-refractivity contribution in [2.24, 2.45) is 17.6 Å². The minimum atomic E-state index is -4.42. The van der Waals surface area contributed by atoms with Crippen molar-refractivity contribution in [2.45, 2.75) is 76.8 Å². The number of carbonyl (C=O) groups is 4. The molecular formula is C45H54N5O7P. The van der Waals surface area contributed by atoms with Gasteiger partial charge in [0.25, 0.3) is 0 Å². The van der Waals surface area contributed by atoms with Crippen LogP contribution in [0.2, 0.25) is 0 Å². The highest BCUT2D eigenvalue weighted by molar-refractivity contribution is 7.58. The topological polar surface area (TPSA) is 193 Å². The summed E-state index contributed by atoms with van der Waals surface area (Å²) in [5, 5.41) is 9.12. The van der Waals surface area contributed by atoms with Crippen molar-refractivity contribution in [3.63, 3.8) is 0 Å². The Bertz CT molecular complexity index is 2150. The van der Waals surface area contributed by atoms with Gasteiger partial charge in [-0.3, -0.25) is 18.9 Å². The van der Waals surface area contributed by atoms with Gasteiger partial charge in [-0.05, 0) is 59.9 Å². The fourth-order valence-corrected chi connectivity index (χ4v) is 9.04. The maximum absolute atomic E-state index is 14.7. The maximum Gasteiger partial charge on any atom is 0.408 e. The normalized spacial score (nSPS) is 14.4. The molecule has 4 amide bonds. The molecule has 0 aliphatic heterocycles. The second kappa shape index (κ2) is 21.2. The van der Waals surface area contributed by atoms with Crippen molar-refractivity contribution in [3.05, 3.63) is 144 Å². The Morgan fingerprint density at radius 2 is 1.34 bits per heavy atom. The minimum Gasteiger partial charge on any atom is -0.445 e. The Morgan fingerprint density at radius 3 is 1.98 bits per heavy atom. The average Bonchev–Trinajstić information content (AvgIpc) is 3.62. The first kappa shape index (κ1) is 43.4. The van der Waals surface area contributed by atoms with E-state index in [9.17, 15) is 28.6 Å². The number of aromatic amines is 1. The van der Waals surface area contributed by atoms with E-state index in [4.69, 9.17) is 10.5 Å². The highest BCUT2D eigenvalue weighted by Gasteiger charge is 2.39. The molecule has 0 saturated carbocycles. The van der Waals surface area contributed by atoms with Crippen LogP contribution in [-0.4, -0.2) is 57.7 Å². The van der Waals surface area contributed by atoms with Crippen LogP contribution in [0, 0.1) is 11.8 Å². The predicted molar refractivity (Wildman–Crippen MR) is 226 cm³/mol. The number of H-pyrrole nitrogens is 1. The van der Waals surface area contributed by atoms with Crippen molar-refractivity contribution in [2.75, 3.05) is 6.16 Å². The number of aryl methyl sites for hydroxylation is 1. The van der Waals surface area contributed by atoms with Crippen LogP contribution < -0.4 is 21.7 Å². The lowest BCUT2D eigenvalue weighted by atomic mass is 9.98. The molecular weight excluding hydrogens is 753 g/mol. The van der Waals surface area contributed by atoms with Crippen LogP contribution in [0.25, 0.3) is 10.9 Å². The molecule has 7 N–H and O–H groups in total. The summed E-state index contributed by atoms with van der Waals surface area (Å²) in [7, 11) is -4.42. The molecule has 3 unspecified atom stereocenters. The van der Waals surface area contributed by atoms with Gasteiger partial charge < -0.3 is 36.3 Å². The van der Waals surface area contributed by atoms with Gasteiger partial charge >= 0.3 is 6.09 Å². The molecule has 1 heterocycles. The second-order valence-corrected chi connectivity index (χ2v) is 17.6. The fraction of sp³-hybridized carbons (Fsp3) is 0.333. The highest BCUT2D eigenvalue weighted by Crippen LogP contribution is 2.49. The third-order valence-corrected chi connectivity index (χ3v) is 12.3. The summed E-state index contributed by atoms with van der Waals surface area (Å²) in [5.41, 5.74) is 9.99. The van der Waals surface area contributed by atoms with Crippen LogP contribution in [0.15, 0.2) is 121 Å². The summed E-state index contributed by atoms with van der Waals surface area (Å²) in [5.74, 6) is -4.35. The van der Waals surface area contributed by atoms with Crippen LogP contribution in [-0.2, 0) is 49.6 Å². The summed E-state index contributed by atoms with van der Waals surface area (Å²) >= 11 is 0. The van der Waals surface area contributed by atoms with Crippen LogP contribution in [0.3, 0.4) is 0 Å². The molecule has 5 aromatic rings. The van der Waals surface area contributed by atoms with E-state index in [0.717, 1.165) is 27.6 Å². The SMILES string of the molecule is CC(C)C[C@H](NC(=O)OCc1ccccc1)C(=O)NC(Cc1ccccc1)P(=O)(O)CC(CCCc1ccccc1)C(=O)N[C@@H](Cc1c[nH]c2ccccc12)C(N)=O. The molecule has 1 aromatic heterocycles. The molecule has 12 nitrogen and oxygen atoms in total. The lowest BCUT2D eigenvalue weighted by Gasteiger charge is -2.30. The van der Waals surface area contributed by atoms with E-state index in [2.05, 4.69) is 20.9 Å². The standard InChI is InChI=1S/C45H54N5O7P/c1-31(2)25-40(49-45(54)57-29-34-19-10-5-11-20-34)44(53)50-41(26-33-17-8-4-9-18-33)58(55,56)30-35(22-14-21-32-15-6-3-7-16-32)43(52)48-39(42(46)51)27-36-28-47-38-24-13-12-23-37(36)38/h3-13,15-20,23-24,28,31,35,39-41,47H,14,21-22,25-27,29-30H2,1-2H3,(H2,46,51)(H,48,52)(H,49,54)(H,50,53)(H,55,56)/t35?,39-,40-,41?/m0/s1. The summed E-state index contributed by atoms with van der Waals surface area (Å²) in [6, 6.07) is 33.2. The Labute approximate surface area is 339 Å². The van der Waals surface area contributed by atoms with Crippen LogP contribution >= 0.6 is 7.37 Å². The van der Waals surface area contributed by atoms with Crippen molar-refractivity contribution in [3.8, 4) is 0 Å². The Balaban J connectivity index is 1.37. The van der Waals surface area contributed by atoms with E-state index in [0.29, 0.717) is 18.4 Å². The zero-order valence-electron chi connectivity index (χ0n) is 33.0. The number of aromatic nitrogens is 1. The number of carbonyl (C=O) groups excluding carboxylic acids is 4. The molecule has 58 heavy (non-hydrogen) atoms.